The summed E-state index contributed by atoms with van der Waals surface area (Å²) in [5, 5.41) is 13.2. The molecule has 1 aliphatic carbocycles. The fraction of sp³-hybridized carbons (Fsp3) is 1.00. The van der Waals surface area contributed by atoms with Crippen LogP contribution in [0.5, 0.6) is 0 Å². The molecule has 90 valence electrons. The molecule has 0 aromatic rings. The zero-order valence-electron chi connectivity index (χ0n) is 10.1. The summed E-state index contributed by atoms with van der Waals surface area (Å²) < 4.78 is 5.71. The molecule has 1 atom stereocenters. The van der Waals surface area contributed by atoms with Gasteiger partial charge in [-0.3, -0.25) is 0 Å². The molecule has 1 rings (SSSR count). The summed E-state index contributed by atoms with van der Waals surface area (Å²) in [5.41, 5.74) is -0.724. The van der Waals surface area contributed by atoms with Crippen molar-refractivity contribution in [2.75, 3.05) is 19.7 Å². The maximum Gasteiger partial charge on any atom is 0.0975 e. The van der Waals surface area contributed by atoms with Gasteiger partial charge in [-0.15, -0.1) is 0 Å². The average molecular weight is 215 g/mol. The molecule has 1 fully saturated rings. The smallest absolute Gasteiger partial charge is 0.0975 e. The van der Waals surface area contributed by atoms with Gasteiger partial charge < -0.3 is 15.2 Å². The monoisotopic (exact) mass is 215 g/mol. The predicted octanol–water partition coefficient (Wildman–Crippen LogP) is 1.70. The van der Waals surface area contributed by atoms with Gasteiger partial charge in [0.2, 0.25) is 0 Å². The van der Waals surface area contributed by atoms with Crippen LogP contribution in [0.15, 0.2) is 0 Å². The third-order valence-electron chi connectivity index (χ3n) is 2.86. The highest BCUT2D eigenvalue weighted by Crippen LogP contribution is 2.21. The molecule has 0 saturated heterocycles. The van der Waals surface area contributed by atoms with Crippen LogP contribution in [0.2, 0.25) is 0 Å². The molecule has 0 heterocycles. The Labute approximate surface area is 93.2 Å². The van der Waals surface area contributed by atoms with Gasteiger partial charge in [0.15, 0.2) is 0 Å². The summed E-state index contributed by atoms with van der Waals surface area (Å²) in [7, 11) is 0. The summed E-state index contributed by atoms with van der Waals surface area (Å²) in [6.07, 6.45) is 6.38. The van der Waals surface area contributed by atoms with Crippen LogP contribution in [0.25, 0.3) is 0 Å². The van der Waals surface area contributed by atoms with Crippen LogP contribution in [0.4, 0.5) is 0 Å². The average Bonchev–Trinajstić information content (AvgIpc) is 2.68. The van der Waals surface area contributed by atoms with Gasteiger partial charge in [0.05, 0.1) is 18.3 Å². The summed E-state index contributed by atoms with van der Waals surface area (Å²) in [6.45, 7) is 5.99. The van der Waals surface area contributed by atoms with E-state index in [-0.39, 0.29) is 0 Å². The van der Waals surface area contributed by atoms with Crippen LogP contribution in [0.3, 0.4) is 0 Å². The second-order valence-electron chi connectivity index (χ2n) is 4.89. The summed E-state index contributed by atoms with van der Waals surface area (Å²) in [5.74, 6) is 0. The normalized spacial score (nSPS) is 21.8. The lowest BCUT2D eigenvalue weighted by atomic mass is 10.1. The molecule has 1 saturated carbocycles. The second-order valence-corrected chi connectivity index (χ2v) is 4.89. The van der Waals surface area contributed by atoms with E-state index in [4.69, 9.17) is 4.74 Å². The second kappa shape index (κ2) is 6.46. The summed E-state index contributed by atoms with van der Waals surface area (Å²) in [6, 6.07) is 0. The molecular weight excluding hydrogens is 190 g/mol. The Kier molecular flexibility index (Phi) is 5.58. The molecule has 0 bridgehead atoms. The quantitative estimate of drug-likeness (QED) is 0.635. The summed E-state index contributed by atoms with van der Waals surface area (Å²) in [4.78, 5) is 0. The highest BCUT2D eigenvalue weighted by Gasteiger charge is 2.23. The molecule has 0 aliphatic heterocycles. The van der Waals surface area contributed by atoms with Crippen LogP contribution >= 0.6 is 0 Å². The van der Waals surface area contributed by atoms with Crippen molar-refractivity contribution in [3.63, 3.8) is 0 Å². The van der Waals surface area contributed by atoms with Crippen molar-refractivity contribution in [2.24, 2.45) is 0 Å². The van der Waals surface area contributed by atoms with E-state index in [1.165, 1.54) is 25.7 Å². The number of ether oxygens (including phenoxy) is 1. The Bertz CT molecular complexity index is 165. The van der Waals surface area contributed by atoms with Crippen LogP contribution in [-0.4, -0.2) is 36.5 Å². The number of rotatable bonds is 7. The van der Waals surface area contributed by atoms with Crippen molar-refractivity contribution in [3.05, 3.63) is 0 Å². The number of nitrogens with one attached hydrogen (secondary N) is 1. The van der Waals surface area contributed by atoms with E-state index < -0.39 is 5.60 Å². The molecule has 0 aromatic carbocycles. The molecule has 0 spiro atoms. The zero-order valence-corrected chi connectivity index (χ0v) is 10.1. The Morgan fingerprint density at radius 1 is 1.40 bits per heavy atom. The first kappa shape index (κ1) is 12.9. The van der Waals surface area contributed by atoms with Crippen molar-refractivity contribution in [3.8, 4) is 0 Å². The summed E-state index contributed by atoms with van der Waals surface area (Å²) >= 11 is 0. The topological polar surface area (TPSA) is 41.5 Å². The van der Waals surface area contributed by atoms with E-state index in [2.05, 4.69) is 12.2 Å². The molecule has 15 heavy (non-hydrogen) atoms. The Morgan fingerprint density at radius 3 is 2.67 bits per heavy atom. The molecule has 3 nitrogen and oxygen atoms in total. The van der Waals surface area contributed by atoms with Gasteiger partial charge in [0.1, 0.15) is 0 Å². The molecular formula is C12H25NO2. The molecule has 3 heteroatoms. The number of hydrogen-bond donors (Lipinski definition) is 2. The molecule has 1 aliphatic rings. The zero-order chi connectivity index (χ0) is 11.1. The van der Waals surface area contributed by atoms with Gasteiger partial charge in [-0.25, -0.2) is 0 Å². The SMILES string of the molecule is CCCNCC(C)(O)COC1CCCC1. The molecule has 1 unspecified atom stereocenters. The van der Waals surface area contributed by atoms with Crippen LogP contribution in [-0.2, 0) is 4.74 Å². The highest BCUT2D eigenvalue weighted by molar-refractivity contribution is 4.76. The van der Waals surface area contributed by atoms with Gasteiger partial charge in [-0.1, -0.05) is 19.8 Å². The largest absolute Gasteiger partial charge is 0.386 e. The van der Waals surface area contributed by atoms with Gasteiger partial charge >= 0.3 is 0 Å². The van der Waals surface area contributed by atoms with Gasteiger partial charge in [0, 0.05) is 6.54 Å². The van der Waals surface area contributed by atoms with Gasteiger partial charge in [-0.2, -0.15) is 0 Å². The Hall–Kier alpha value is -0.120. The number of aliphatic hydroxyl groups is 1. The van der Waals surface area contributed by atoms with E-state index in [1.54, 1.807) is 0 Å². The fourth-order valence-electron chi connectivity index (χ4n) is 1.94. The van der Waals surface area contributed by atoms with Crippen molar-refractivity contribution in [1.29, 1.82) is 0 Å². The van der Waals surface area contributed by atoms with Crippen LogP contribution < -0.4 is 5.32 Å². The standard InChI is InChI=1S/C12H25NO2/c1-3-8-13-9-12(2,14)10-15-11-6-4-5-7-11/h11,13-14H,3-10H2,1-2H3. The first-order valence-corrected chi connectivity index (χ1v) is 6.19. The minimum atomic E-state index is -0.724. The minimum Gasteiger partial charge on any atom is -0.386 e. The van der Waals surface area contributed by atoms with E-state index in [0.29, 0.717) is 19.3 Å². The van der Waals surface area contributed by atoms with Crippen LogP contribution in [0, 0.1) is 0 Å². The number of hydrogen-bond acceptors (Lipinski definition) is 3. The van der Waals surface area contributed by atoms with Crippen molar-refractivity contribution in [2.45, 2.75) is 57.7 Å². The first-order chi connectivity index (χ1) is 7.14. The van der Waals surface area contributed by atoms with Crippen LogP contribution in [0.1, 0.15) is 46.0 Å². The lowest BCUT2D eigenvalue weighted by molar-refractivity contribution is -0.0594. The first-order valence-electron chi connectivity index (χ1n) is 6.19. The molecule has 0 radical (unpaired) electrons. The predicted molar refractivity (Wildman–Crippen MR) is 62.0 cm³/mol. The van der Waals surface area contributed by atoms with Crippen molar-refractivity contribution in [1.82, 2.24) is 5.32 Å². The van der Waals surface area contributed by atoms with E-state index in [1.807, 2.05) is 6.92 Å². The highest BCUT2D eigenvalue weighted by atomic mass is 16.5. The maximum atomic E-state index is 10.0. The van der Waals surface area contributed by atoms with Crippen molar-refractivity contribution < 1.29 is 9.84 Å². The molecule has 0 aromatic heterocycles. The van der Waals surface area contributed by atoms with E-state index >= 15 is 0 Å². The Morgan fingerprint density at radius 2 is 2.07 bits per heavy atom. The van der Waals surface area contributed by atoms with E-state index in [9.17, 15) is 5.11 Å². The van der Waals surface area contributed by atoms with Crippen molar-refractivity contribution >= 4 is 0 Å². The lowest BCUT2D eigenvalue weighted by Gasteiger charge is -2.25. The third-order valence-corrected chi connectivity index (χ3v) is 2.86. The molecule has 0 amide bonds. The van der Waals surface area contributed by atoms with Gasteiger partial charge in [0.25, 0.3) is 0 Å². The van der Waals surface area contributed by atoms with Gasteiger partial charge in [-0.05, 0) is 32.7 Å². The third kappa shape index (κ3) is 5.50. The Balaban J connectivity index is 2.10. The maximum absolute atomic E-state index is 10.0. The minimum absolute atomic E-state index is 0.391. The molecule has 2 N–H and O–H groups in total. The van der Waals surface area contributed by atoms with E-state index in [0.717, 1.165) is 13.0 Å². The fourth-order valence-corrected chi connectivity index (χ4v) is 1.94. The lowest BCUT2D eigenvalue weighted by Crippen LogP contribution is -2.42.